The molecule has 3 N–H and O–H groups in total. The van der Waals surface area contributed by atoms with E-state index in [1.54, 1.807) is 12.3 Å². The highest BCUT2D eigenvalue weighted by atomic mass is 16.3. The van der Waals surface area contributed by atoms with Crippen LogP contribution in [-0.4, -0.2) is 33.9 Å². The van der Waals surface area contributed by atoms with E-state index >= 15 is 0 Å². The van der Waals surface area contributed by atoms with Gasteiger partial charge in [-0.05, 0) is 12.5 Å². The second-order valence-electron chi connectivity index (χ2n) is 3.11. The third kappa shape index (κ3) is 3.18. The van der Waals surface area contributed by atoms with Crippen LogP contribution in [-0.2, 0) is 11.2 Å². The fourth-order valence-corrected chi connectivity index (χ4v) is 1.11. The van der Waals surface area contributed by atoms with Crippen LogP contribution in [0.4, 0.5) is 0 Å². The van der Waals surface area contributed by atoms with Crippen LogP contribution in [0.3, 0.4) is 0 Å². The molecule has 1 atom stereocenters. The lowest BCUT2D eigenvalue weighted by molar-refractivity contribution is -0.121. The number of H-pyrrole nitrogens is 1. The fraction of sp³-hybridized carbons (Fsp3) is 0.556. The normalized spacial score (nSPS) is 12.4. The van der Waals surface area contributed by atoms with Gasteiger partial charge in [0.1, 0.15) is 0 Å². The van der Waals surface area contributed by atoms with E-state index in [1.165, 1.54) is 0 Å². The SMILES string of the molecule is CC[C@H](CO)NC(=O)Cc1ccn[nH]1. The molecule has 0 fully saturated rings. The summed E-state index contributed by atoms with van der Waals surface area (Å²) in [5.74, 6) is -0.102. The largest absolute Gasteiger partial charge is 0.394 e. The third-order valence-electron chi connectivity index (χ3n) is 1.99. The zero-order valence-corrected chi connectivity index (χ0v) is 8.16. The number of carbonyl (C=O) groups excluding carboxylic acids is 1. The average Bonchev–Trinajstić information content (AvgIpc) is 2.66. The maximum absolute atomic E-state index is 11.4. The number of rotatable bonds is 5. The van der Waals surface area contributed by atoms with Crippen LogP contribution >= 0.6 is 0 Å². The number of aromatic nitrogens is 2. The van der Waals surface area contributed by atoms with Crippen molar-refractivity contribution < 1.29 is 9.90 Å². The molecular weight excluding hydrogens is 182 g/mol. The Hall–Kier alpha value is -1.36. The van der Waals surface area contributed by atoms with Gasteiger partial charge in [0.15, 0.2) is 0 Å². The second-order valence-corrected chi connectivity index (χ2v) is 3.11. The van der Waals surface area contributed by atoms with E-state index in [2.05, 4.69) is 15.5 Å². The Balaban J connectivity index is 2.35. The van der Waals surface area contributed by atoms with E-state index < -0.39 is 0 Å². The summed E-state index contributed by atoms with van der Waals surface area (Å²) in [5, 5.41) is 18.0. The first-order valence-electron chi connectivity index (χ1n) is 4.64. The first-order chi connectivity index (χ1) is 6.76. The highest BCUT2D eigenvalue weighted by molar-refractivity contribution is 5.78. The van der Waals surface area contributed by atoms with Gasteiger partial charge < -0.3 is 10.4 Å². The van der Waals surface area contributed by atoms with Gasteiger partial charge in [0, 0.05) is 11.9 Å². The van der Waals surface area contributed by atoms with Gasteiger partial charge in [-0.3, -0.25) is 9.89 Å². The summed E-state index contributed by atoms with van der Waals surface area (Å²) in [6, 6.07) is 1.60. The van der Waals surface area contributed by atoms with E-state index in [-0.39, 0.29) is 25.0 Å². The Labute approximate surface area is 82.5 Å². The monoisotopic (exact) mass is 197 g/mol. The van der Waals surface area contributed by atoms with Crippen molar-refractivity contribution in [2.45, 2.75) is 25.8 Å². The quantitative estimate of drug-likeness (QED) is 0.613. The molecule has 5 nitrogen and oxygen atoms in total. The van der Waals surface area contributed by atoms with Gasteiger partial charge >= 0.3 is 0 Å². The Morgan fingerprint density at radius 2 is 2.57 bits per heavy atom. The van der Waals surface area contributed by atoms with Gasteiger partial charge in [-0.25, -0.2) is 0 Å². The summed E-state index contributed by atoms with van der Waals surface area (Å²) in [6.45, 7) is 1.89. The number of carbonyl (C=O) groups is 1. The smallest absolute Gasteiger partial charge is 0.226 e. The van der Waals surface area contributed by atoms with Crippen LogP contribution in [0.25, 0.3) is 0 Å². The molecule has 0 bridgehead atoms. The van der Waals surface area contributed by atoms with Gasteiger partial charge in [0.05, 0.1) is 19.1 Å². The topological polar surface area (TPSA) is 78.0 Å². The molecule has 0 radical (unpaired) electrons. The Morgan fingerprint density at radius 1 is 1.79 bits per heavy atom. The predicted octanol–water partition coefficient (Wildman–Crippen LogP) is -0.161. The van der Waals surface area contributed by atoms with Crippen molar-refractivity contribution in [2.24, 2.45) is 0 Å². The predicted molar refractivity (Wildman–Crippen MR) is 51.6 cm³/mol. The number of aliphatic hydroxyl groups excluding tert-OH is 1. The van der Waals surface area contributed by atoms with E-state index in [1.807, 2.05) is 6.92 Å². The molecular formula is C9H15N3O2. The van der Waals surface area contributed by atoms with Crippen LogP contribution in [0.1, 0.15) is 19.0 Å². The van der Waals surface area contributed by atoms with Gasteiger partial charge in [-0.1, -0.05) is 6.92 Å². The standard InChI is InChI=1S/C9H15N3O2/c1-2-7(6-13)11-9(14)5-8-3-4-10-12-8/h3-4,7,13H,2,5-6H2,1H3,(H,10,12)(H,11,14)/t7-/m1/s1. The van der Waals surface area contributed by atoms with Crippen LogP contribution in [0.5, 0.6) is 0 Å². The zero-order chi connectivity index (χ0) is 10.4. The molecule has 1 rings (SSSR count). The molecule has 0 aliphatic rings. The van der Waals surface area contributed by atoms with E-state index in [9.17, 15) is 4.79 Å². The Kier molecular flexibility index (Phi) is 4.12. The van der Waals surface area contributed by atoms with Crippen molar-refractivity contribution >= 4 is 5.91 Å². The molecule has 0 aromatic carbocycles. The fourth-order valence-electron chi connectivity index (χ4n) is 1.11. The number of amides is 1. The molecule has 1 aromatic rings. The molecule has 14 heavy (non-hydrogen) atoms. The molecule has 0 aliphatic heterocycles. The summed E-state index contributed by atoms with van der Waals surface area (Å²) >= 11 is 0. The Bertz CT molecular complexity index is 268. The molecule has 5 heteroatoms. The summed E-state index contributed by atoms with van der Waals surface area (Å²) < 4.78 is 0. The van der Waals surface area contributed by atoms with Gasteiger partial charge in [-0.2, -0.15) is 5.10 Å². The van der Waals surface area contributed by atoms with Gasteiger partial charge in [-0.15, -0.1) is 0 Å². The van der Waals surface area contributed by atoms with Crippen molar-refractivity contribution in [1.29, 1.82) is 0 Å². The molecule has 1 heterocycles. The minimum atomic E-state index is -0.148. The molecule has 1 aromatic heterocycles. The third-order valence-corrected chi connectivity index (χ3v) is 1.99. The highest BCUT2D eigenvalue weighted by Crippen LogP contribution is 1.95. The number of hydrogen-bond acceptors (Lipinski definition) is 3. The number of aliphatic hydroxyl groups is 1. The summed E-state index contributed by atoms with van der Waals surface area (Å²) in [6.07, 6.45) is 2.60. The molecule has 0 spiro atoms. The lowest BCUT2D eigenvalue weighted by Crippen LogP contribution is -2.37. The van der Waals surface area contributed by atoms with Crippen LogP contribution < -0.4 is 5.32 Å². The van der Waals surface area contributed by atoms with Crippen LogP contribution in [0.15, 0.2) is 12.3 Å². The summed E-state index contributed by atoms with van der Waals surface area (Å²) in [4.78, 5) is 11.4. The molecule has 78 valence electrons. The van der Waals surface area contributed by atoms with E-state index in [0.29, 0.717) is 0 Å². The zero-order valence-electron chi connectivity index (χ0n) is 8.16. The minimum Gasteiger partial charge on any atom is -0.394 e. The molecule has 0 aliphatic carbocycles. The molecule has 0 saturated heterocycles. The number of hydrogen-bond donors (Lipinski definition) is 3. The maximum Gasteiger partial charge on any atom is 0.226 e. The first kappa shape index (κ1) is 10.7. The lowest BCUT2D eigenvalue weighted by atomic mass is 10.2. The molecule has 0 unspecified atom stereocenters. The van der Waals surface area contributed by atoms with Crippen LogP contribution in [0.2, 0.25) is 0 Å². The van der Waals surface area contributed by atoms with Crippen molar-refractivity contribution in [3.8, 4) is 0 Å². The highest BCUT2D eigenvalue weighted by Gasteiger charge is 2.09. The van der Waals surface area contributed by atoms with Gasteiger partial charge in [0.2, 0.25) is 5.91 Å². The number of nitrogens with one attached hydrogen (secondary N) is 2. The Morgan fingerprint density at radius 3 is 3.07 bits per heavy atom. The molecule has 1 amide bonds. The van der Waals surface area contributed by atoms with Crippen molar-refractivity contribution in [3.05, 3.63) is 18.0 Å². The number of nitrogens with zero attached hydrogens (tertiary/aromatic N) is 1. The maximum atomic E-state index is 11.4. The summed E-state index contributed by atoms with van der Waals surface area (Å²) in [5.41, 5.74) is 0.773. The van der Waals surface area contributed by atoms with Gasteiger partial charge in [0.25, 0.3) is 0 Å². The minimum absolute atomic E-state index is 0.0226. The summed E-state index contributed by atoms with van der Waals surface area (Å²) in [7, 11) is 0. The van der Waals surface area contributed by atoms with Crippen molar-refractivity contribution in [2.75, 3.05) is 6.61 Å². The van der Waals surface area contributed by atoms with E-state index in [4.69, 9.17) is 5.11 Å². The van der Waals surface area contributed by atoms with E-state index in [0.717, 1.165) is 12.1 Å². The van der Waals surface area contributed by atoms with Crippen molar-refractivity contribution in [3.63, 3.8) is 0 Å². The average molecular weight is 197 g/mol. The first-order valence-corrected chi connectivity index (χ1v) is 4.64. The molecule has 0 saturated carbocycles. The lowest BCUT2D eigenvalue weighted by Gasteiger charge is -2.13. The second kappa shape index (κ2) is 5.39. The van der Waals surface area contributed by atoms with Crippen molar-refractivity contribution in [1.82, 2.24) is 15.5 Å². The number of aromatic amines is 1. The van der Waals surface area contributed by atoms with Crippen LogP contribution in [0, 0.1) is 0 Å².